The van der Waals surface area contributed by atoms with E-state index in [9.17, 15) is 22.8 Å². The van der Waals surface area contributed by atoms with Crippen LogP contribution in [0.15, 0.2) is 36.4 Å². The van der Waals surface area contributed by atoms with E-state index in [1.807, 2.05) is 6.92 Å². The third-order valence-corrected chi connectivity index (χ3v) is 6.22. The van der Waals surface area contributed by atoms with E-state index in [4.69, 9.17) is 11.5 Å². The number of hydrogen-bond acceptors (Lipinski definition) is 4. The number of amides is 2. The average molecular weight is 446 g/mol. The molecule has 0 spiro atoms. The fourth-order valence-corrected chi connectivity index (χ4v) is 4.86. The van der Waals surface area contributed by atoms with Gasteiger partial charge >= 0.3 is 6.18 Å². The van der Waals surface area contributed by atoms with Crippen molar-refractivity contribution in [1.82, 2.24) is 9.80 Å². The quantitative estimate of drug-likeness (QED) is 0.692. The van der Waals surface area contributed by atoms with E-state index < -0.39 is 23.2 Å². The maximum absolute atomic E-state index is 13.5. The van der Waals surface area contributed by atoms with Gasteiger partial charge in [-0.3, -0.25) is 9.59 Å². The Balaban J connectivity index is 1.51. The van der Waals surface area contributed by atoms with Crippen molar-refractivity contribution in [2.45, 2.75) is 19.5 Å². The molecule has 2 aromatic rings. The molecule has 2 atom stereocenters. The van der Waals surface area contributed by atoms with Crippen LogP contribution in [-0.2, 0) is 6.18 Å². The molecular weight excluding hydrogens is 421 g/mol. The molecule has 2 aliphatic rings. The molecule has 2 amide bonds. The first-order valence-electron chi connectivity index (χ1n) is 10.4. The van der Waals surface area contributed by atoms with Gasteiger partial charge in [-0.2, -0.15) is 13.2 Å². The van der Waals surface area contributed by atoms with Gasteiger partial charge in [0.25, 0.3) is 11.8 Å². The maximum atomic E-state index is 13.5. The van der Waals surface area contributed by atoms with Crippen molar-refractivity contribution < 1.29 is 22.8 Å². The fraction of sp³-hybridized carbons (Fsp3) is 0.391. The molecule has 2 bridgehead atoms. The Morgan fingerprint density at radius 2 is 1.31 bits per heavy atom. The summed E-state index contributed by atoms with van der Waals surface area (Å²) in [6, 6.07) is 8.41. The van der Waals surface area contributed by atoms with Crippen molar-refractivity contribution in [3.8, 4) is 0 Å². The molecule has 0 aromatic heterocycles. The van der Waals surface area contributed by atoms with Crippen LogP contribution < -0.4 is 11.5 Å². The second-order valence-electron chi connectivity index (χ2n) is 8.77. The summed E-state index contributed by atoms with van der Waals surface area (Å²) >= 11 is 0. The third kappa shape index (κ3) is 4.24. The fourth-order valence-electron chi connectivity index (χ4n) is 4.86. The van der Waals surface area contributed by atoms with Crippen LogP contribution in [0.3, 0.4) is 0 Å². The molecule has 4 rings (SSSR count). The summed E-state index contributed by atoms with van der Waals surface area (Å²) in [5.74, 6) is -0.726. The van der Waals surface area contributed by atoms with E-state index in [1.165, 1.54) is 11.0 Å². The normalized spacial score (nSPS) is 20.9. The lowest BCUT2D eigenvalue weighted by molar-refractivity contribution is -0.138. The predicted octanol–water partition coefficient (Wildman–Crippen LogP) is 3.41. The number of hydrogen-bond donors (Lipinski definition) is 2. The van der Waals surface area contributed by atoms with Crippen LogP contribution in [0.25, 0.3) is 0 Å². The number of piperidine rings is 2. The number of nitrogen functional groups attached to an aromatic ring is 2. The van der Waals surface area contributed by atoms with Crippen molar-refractivity contribution in [2.24, 2.45) is 11.8 Å². The Hall–Kier alpha value is -3.23. The first-order chi connectivity index (χ1) is 15.0. The molecule has 0 saturated carbocycles. The number of carbonyl (C=O) groups is 2. The molecule has 2 aromatic carbocycles. The number of nitrogens with zero attached hydrogens (tertiary/aromatic N) is 2. The summed E-state index contributed by atoms with van der Waals surface area (Å²) in [6.07, 6.45) is -3.84. The number of nitrogens with two attached hydrogens (primary N) is 2. The predicted molar refractivity (Wildman–Crippen MR) is 115 cm³/mol. The molecule has 4 N–H and O–H groups in total. The standard InChI is InChI=1S/C23H25F3N4O2/c1-13-6-16(27)2-4-18(13)21(31)29-9-14-7-15(10-29)12-30(11-14)22(32)19-5-3-17(28)8-20(19)23(24,25)26/h2-6,8,14-15H,7,9-12,27-28H2,1H3. The average Bonchev–Trinajstić information content (AvgIpc) is 2.71. The van der Waals surface area contributed by atoms with Crippen LogP contribution >= 0.6 is 0 Å². The second kappa shape index (κ2) is 8.03. The van der Waals surface area contributed by atoms with Gasteiger partial charge in [-0.15, -0.1) is 0 Å². The van der Waals surface area contributed by atoms with Crippen LogP contribution in [-0.4, -0.2) is 47.8 Å². The van der Waals surface area contributed by atoms with Gasteiger partial charge < -0.3 is 21.3 Å². The largest absolute Gasteiger partial charge is 0.417 e. The number of aryl methyl sites for hydroxylation is 1. The van der Waals surface area contributed by atoms with Crippen molar-refractivity contribution in [3.05, 3.63) is 58.7 Å². The van der Waals surface area contributed by atoms with Gasteiger partial charge in [0.05, 0.1) is 11.1 Å². The molecule has 0 aliphatic carbocycles. The zero-order valence-corrected chi connectivity index (χ0v) is 17.7. The SMILES string of the molecule is Cc1cc(N)ccc1C(=O)N1CC2CC(C1)CN(C(=O)c1ccc(N)cc1C(F)(F)F)C2. The molecule has 170 valence electrons. The second-order valence-corrected chi connectivity index (χ2v) is 8.77. The number of halogens is 3. The zero-order chi connectivity index (χ0) is 23.2. The Morgan fingerprint density at radius 3 is 1.81 bits per heavy atom. The van der Waals surface area contributed by atoms with Crippen LogP contribution in [0.4, 0.5) is 24.5 Å². The Labute approximate surface area is 184 Å². The lowest BCUT2D eigenvalue weighted by Crippen LogP contribution is -2.55. The van der Waals surface area contributed by atoms with E-state index in [-0.39, 0.29) is 23.4 Å². The number of carbonyl (C=O) groups excluding carboxylic acids is 2. The van der Waals surface area contributed by atoms with Gasteiger partial charge in [0, 0.05) is 43.1 Å². The highest BCUT2D eigenvalue weighted by Gasteiger charge is 2.41. The number of benzene rings is 2. The molecular formula is C23H25F3N4O2. The third-order valence-electron chi connectivity index (χ3n) is 6.22. The smallest absolute Gasteiger partial charge is 0.399 e. The minimum atomic E-state index is -4.67. The Kier molecular flexibility index (Phi) is 5.52. The molecule has 6 nitrogen and oxygen atoms in total. The summed E-state index contributed by atoms with van der Waals surface area (Å²) in [6.45, 7) is 3.36. The number of likely N-dealkylation sites (tertiary alicyclic amines) is 2. The topological polar surface area (TPSA) is 92.7 Å². The monoisotopic (exact) mass is 446 g/mol. The Bertz CT molecular complexity index is 1060. The van der Waals surface area contributed by atoms with Gasteiger partial charge in [-0.25, -0.2) is 0 Å². The van der Waals surface area contributed by atoms with E-state index >= 15 is 0 Å². The molecule has 2 heterocycles. The van der Waals surface area contributed by atoms with Gasteiger partial charge in [-0.05, 0) is 67.1 Å². The van der Waals surface area contributed by atoms with Crippen LogP contribution in [0.5, 0.6) is 0 Å². The highest BCUT2D eigenvalue weighted by Crippen LogP contribution is 2.36. The molecule has 2 saturated heterocycles. The van der Waals surface area contributed by atoms with E-state index in [0.717, 1.165) is 24.1 Å². The molecule has 2 fully saturated rings. The molecule has 2 unspecified atom stereocenters. The number of alkyl halides is 3. The zero-order valence-electron chi connectivity index (χ0n) is 17.7. The summed E-state index contributed by atoms with van der Waals surface area (Å²) < 4.78 is 40.4. The van der Waals surface area contributed by atoms with Gasteiger partial charge in [0.15, 0.2) is 0 Å². The number of fused-ring (bicyclic) bond motifs is 2. The highest BCUT2D eigenvalue weighted by atomic mass is 19.4. The molecule has 0 radical (unpaired) electrons. The molecule has 2 aliphatic heterocycles. The van der Waals surface area contributed by atoms with Gasteiger partial charge in [-0.1, -0.05) is 0 Å². The summed E-state index contributed by atoms with van der Waals surface area (Å²) in [5.41, 5.74) is 11.8. The minimum Gasteiger partial charge on any atom is -0.399 e. The van der Waals surface area contributed by atoms with E-state index in [1.54, 1.807) is 23.1 Å². The lowest BCUT2D eigenvalue weighted by Gasteiger charge is -2.46. The molecule has 32 heavy (non-hydrogen) atoms. The highest BCUT2D eigenvalue weighted by molar-refractivity contribution is 5.97. The van der Waals surface area contributed by atoms with E-state index in [2.05, 4.69) is 0 Å². The van der Waals surface area contributed by atoms with Crippen molar-refractivity contribution in [3.63, 3.8) is 0 Å². The maximum Gasteiger partial charge on any atom is 0.417 e. The van der Waals surface area contributed by atoms with Gasteiger partial charge in [0.2, 0.25) is 0 Å². The minimum absolute atomic E-state index is 0.00704. The Morgan fingerprint density at radius 1 is 0.844 bits per heavy atom. The van der Waals surface area contributed by atoms with Crippen LogP contribution in [0, 0.1) is 18.8 Å². The summed E-state index contributed by atoms with van der Waals surface area (Å²) in [4.78, 5) is 29.3. The van der Waals surface area contributed by atoms with Crippen LogP contribution in [0.2, 0.25) is 0 Å². The molecule has 9 heteroatoms. The van der Waals surface area contributed by atoms with Gasteiger partial charge in [0.1, 0.15) is 0 Å². The van der Waals surface area contributed by atoms with Crippen molar-refractivity contribution in [1.29, 1.82) is 0 Å². The number of rotatable bonds is 2. The first kappa shape index (κ1) is 22.0. The van der Waals surface area contributed by atoms with E-state index in [0.29, 0.717) is 37.4 Å². The van der Waals surface area contributed by atoms with Crippen LogP contribution in [0.1, 0.15) is 38.3 Å². The lowest BCUT2D eigenvalue weighted by atomic mass is 9.84. The number of anilines is 2. The first-order valence-corrected chi connectivity index (χ1v) is 10.4. The van der Waals surface area contributed by atoms with Crippen molar-refractivity contribution in [2.75, 3.05) is 37.6 Å². The van der Waals surface area contributed by atoms with Crippen molar-refractivity contribution >= 4 is 23.2 Å². The summed E-state index contributed by atoms with van der Waals surface area (Å²) in [7, 11) is 0. The summed E-state index contributed by atoms with van der Waals surface area (Å²) in [5, 5.41) is 0.